The molecule has 0 aromatic heterocycles. The van der Waals surface area contributed by atoms with Crippen LogP contribution in [0.1, 0.15) is 54.7 Å². The zero-order valence-corrected chi connectivity index (χ0v) is 14.5. The number of carbonyl (C=O) groups is 1. The zero-order chi connectivity index (χ0) is 17.2. The Balaban J connectivity index is 1.73. The van der Waals surface area contributed by atoms with Crippen LogP contribution in [-0.4, -0.2) is 13.0 Å². The predicted molar refractivity (Wildman–Crippen MR) is 102 cm³/mol. The molecule has 2 aromatic carbocycles. The van der Waals surface area contributed by atoms with Crippen LogP contribution in [0.15, 0.2) is 42.5 Å². The van der Waals surface area contributed by atoms with E-state index in [1.54, 1.807) is 7.11 Å². The minimum atomic E-state index is -0.0313. The van der Waals surface area contributed by atoms with Crippen molar-refractivity contribution < 1.29 is 9.53 Å². The number of para-hydroxylation sites is 1. The number of hydrogen-bond acceptors (Lipinski definition) is 2. The van der Waals surface area contributed by atoms with E-state index < -0.39 is 0 Å². The van der Waals surface area contributed by atoms with E-state index in [1.165, 1.54) is 37.7 Å². The highest BCUT2D eigenvalue weighted by atomic mass is 16.5. The van der Waals surface area contributed by atoms with Gasteiger partial charge in [0.25, 0.3) is 5.91 Å². The van der Waals surface area contributed by atoms with Crippen molar-refractivity contribution in [2.24, 2.45) is 0 Å². The van der Waals surface area contributed by atoms with E-state index in [-0.39, 0.29) is 5.91 Å². The first-order valence-corrected chi connectivity index (χ1v) is 9.06. The summed E-state index contributed by atoms with van der Waals surface area (Å²) in [5, 5.41) is 2.94. The van der Waals surface area contributed by atoms with Gasteiger partial charge in [0, 0.05) is 16.8 Å². The summed E-state index contributed by atoms with van der Waals surface area (Å²) in [5.74, 6) is 1.49. The number of benzene rings is 2. The van der Waals surface area contributed by atoms with Gasteiger partial charge in [0.15, 0.2) is 0 Å². The molecular weight excluding hydrogens is 310 g/mol. The van der Waals surface area contributed by atoms with Crippen LogP contribution in [0.5, 0.6) is 5.75 Å². The van der Waals surface area contributed by atoms with Gasteiger partial charge in [-0.3, -0.25) is 4.79 Å². The Bertz CT molecular complexity index is 832. The second-order valence-electron chi connectivity index (χ2n) is 6.89. The van der Waals surface area contributed by atoms with Gasteiger partial charge in [-0.25, -0.2) is 0 Å². The summed E-state index contributed by atoms with van der Waals surface area (Å²) in [7, 11) is 1.74. The first kappa shape index (κ1) is 15.9. The first-order chi connectivity index (χ1) is 12.3. The van der Waals surface area contributed by atoms with Crippen LogP contribution >= 0.6 is 0 Å². The fourth-order valence-electron chi connectivity index (χ4n) is 4.02. The monoisotopic (exact) mass is 333 g/mol. The molecule has 1 heterocycles. The third kappa shape index (κ3) is 3.07. The second kappa shape index (κ2) is 6.75. The molecule has 2 aliphatic rings. The van der Waals surface area contributed by atoms with Crippen LogP contribution in [0.4, 0.5) is 5.69 Å². The number of fused-ring (bicyclic) bond motifs is 1. The van der Waals surface area contributed by atoms with Gasteiger partial charge < -0.3 is 10.1 Å². The van der Waals surface area contributed by atoms with Gasteiger partial charge in [-0.2, -0.15) is 0 Å². The van der Waals surface area contributed by atoms with Gasteiger partial charge >= 0.3 is 0 Å². The van der Waals surface area contributed by atoms with Crippen molar-refractivity contribution in [1.82, 2.24) is 0 Å². The quantitative estimate of drug-likeness (QED) is 0.781. The Morgan fingerprint density at radius 2 is 1.88 bits per heavy atom. The molecule has 0 unspecified atom stereocenters. The molecule has 1 aliphatic carbocycles. The maximum atomic E-state index is 12.3. The lowest BCUT2D eigenvalue weighted by molar-refractivity contribution is -0.110. The summed E-state index contributed by atoms with van der Waals surface area (Å²) < 4.78 is 5.60. The highest BCUT2D eigenvalue weighted by molar-refractivity contribution is 6.34. The van der Waals surface area contributed by atoms with Gasteiger partial charge in [-0.15, -0.1) is 0 Å². The summed E-state index contributed by atoms with van der Waals surface area (Å²) in [6.07, 6.45) is 8.34. The van der Waals surface area contributed by atoms with Crippen LogP contribution in [0.25, 0.3) is 11.6 Å². The molecule has 1 saturated carbocycles. The fraction of sp³-hybridized carbons (Fsp3) is 0.318. The molecule has 1 amide bonds. The molecule has 0 radical (unpaired) electrons. The molecule has 3 nitrogen and oxygen atoms in total. The minimum absolute atomic E-state index is 0.0313. The molecule has 25 heavy (non-hydrogen) atoms. The third-order valence-corrected chi connectivity index (χ3v) is 5.32. The van der Waals surface area contributed by atoms with E-state index in [0.29, 0.717) is 5.92 Å². The zero-order valence-electron chi connectivity index (χ0n) is 14.5. The standard InChI is InChI=1S/C22H23NO2/c1-25-21-12-11-15(13-18(21)16-7-3-2-4-8-16)14-19-17-9-5-6-10-20(17)23-22(19)24/h5-6,9-14,16H,2-4,7-8H2,1H3,(H,23,24). The summed E-state index contributed by atoms with van der Waals surface area (Å²) in [6.45, 7) is 0. The van der Waals surface area contributed by atoms with Crippen molar-refractivity contribution in [3.63, 3.8) is 0 Å². The molecule has 0 saturated heterocycles. The van der Waals surface area contributed by atoms with Crippen LogP contribution in [-0.2, 0) is 4.79 Å². The lowest BCUT2D eigenvalue weighted by Crippen LogP contribution is -2.07. The van der Waals surface area contributed by atoms with Crippen molar-refractivity contribution >= 4 is 23.2 Å². The van der Waals surface area contributed by atoms with Crippen molar-refractivity contribution in [2.75, 3.05) is 12.4 Å². The summed E-state index contributed by atoms with van der Waals surface area (Å²) in [5.41, 5.74) is 4.93. The lowest BCUT2D eigenvalue weighted by Gasteiger charge is -2.24. The first-order valence-electron chi connectivity index (χ1n) is 9.06. The molecule has 1 aliphatic heterocycles. The van der Waals surface area contributed by atoms with Crippen LogP contribution in [0, 0.1) is 0 Å². The minimum Gasteiger partial charge on any atom is -0.496 e. The smallest absolute Gasteiger partial charge is 0.256 e. The third-order valence-electron chi connectivity index (χ3n) is 5.32. The number of carbonyl (C=O) groups excluding carboxylic acids is 1. The van der Waals surface area contributed by atoms with Crippen LogP contribution < -0.4 is 10.1 Å². The van der Waals surface area contributed by atoms with Gasteiger partial charge in [0.2, 0.25) is 0 Å². The van der Waals surface area contributed by atoms with Crippen LogP contribution in [0.3, 0.4) is 0 Å². The molecule has 4 rings (SSSR count). The van der Waals surface area contributed by atoms with E-state index in [2.05, 4.69) is 11.4 Å². The van der Waals surface area contributed by atoms with Gasteiger partial charge in [0.05, 0.1) is 7.11 Å². The SMILES string of the molecule is COc1ccc(C=C2C(=O)Nc3ccccc32)cc1C1CCCCC1. The topological polar surface area (TPSA) is 38.3 Å². The highest BCUT2D eigenvalue weighted by Crippen LogP contribution is 2.39. The number of rotatable bonds is 3. The number of methoxy groups -OCH3 is 1. The van der Waals surface area contributed by atoms with Crippen molar-refractivity contribution in [2.45, 2.75) is 38.0 Å². The van der Waals surface area contributed by atoms with Gasteiger partial charge in [-0.05, 0) is 54.2 Å². The number of nitrogens with one attached hydrogen (secondary N) is 1. The van der Waals surface area contributed by atoms with E-state index in [1.807, 2.05) is 42.5 Å². The second-order valence-corrected chi connectivity index (χ2v) is 6.89. The number of amides is 1. The molecule has 1 N–H and O–H groups in total. The molecule has 0 atom stereocenters. The maximum absolute atomic E-state index is 12.3. The Hall–Kier alpha value is -2.55. The van der Waals surface area contributed by atoms with Crippen LogP contribution in [0.2, 0.25) is 0 Å². The summed E-state index contributed by atoms with van der Waals surface area (Å²) in [6, 6.07) is 14.1. The van der Waals surface area contributed by atoms with E-state index >= 15 is 0 Å². The number of anilines is 1. The average molecular weight is 333 g/mol. The van der Waals surface area contributed by atoms with E-state index in [9.17, 15) is 4.79 Å². The molecule has 2 aromatic rings. The van der Waals surface area contributed by atoms with E-state index in [0.717, 1.165) is 28.1 Å². The van der Waals surface area contributed by atoms with Gasteiger partial charge in [0.1, 0.15) is 5.75 Å². The predicted octanol–water partition coefficient (Wildman–Crippen LogP) is 5.24. The Kier molecular flexibility index (Phi) is 4.31. The average Bonchev–Trinajstić information content (AvgIpc) is 2.98. The molecule has 1 fully saturated rings. The number of hydrogen-bond donors (Lipinski definition) is 1. The Labute approximate surface area is 148 Å². The summed E-state index contributed by atoms with van der Waals surface area (Å²) >= 11 is 0. The summed E-state index contributed by atoms with van der Waals surface area (Å²) in [4.78, 5) is 12.3. The van der Waals surface area contributed by atoms with Crippen molar-refractivity contribution in [1.29, 1.82) is 0 Å². The molecule has 128 valence electrons. The normalized spacial score (nSPS) is 18.9. The van der Waals surface area contributed by atoms with E-state index in [4.69, 9.17) is 4.74 Å². The molecule has 0 spiro atoms. The lowest BCUT2D eigenvalue weighted by atomic mass is 9.83. The number of ether oxygens (including phenoxy) is 1. The van der Waals surface area contributed by atoms with Crippen molar-refractivity contribution in [3.05, 3.63) is 59.2 Å². The highest BCUT2D eigenvalue weighted by Gasteiger charge is 2.24. The van der Waals surface area contributed by atoms with Crippen molar-refractivity contribution in [3.8, 4) is 5.75 Å². The Morgan fingerprint density at radius 1 is 1.08 bits per heavy atom. The largest absolute Gasteiger partial charge is 0.496 e. The molecule has 0 bridgehead atoms. The molecular formula is C22H23NO2. The van der Waals surface area contributed by atoms with Gasteiger partial charge in [-0.1, -0.05) is 43.5 Å². The Morgan fingerprint density at radius 3 is 2.68 bits per heavy atom. The maximum Gasteiger partial charge on any atom is 0.256 e. The fourth-order valence-corrected chi connectivity index (χ4v) is 4.02. The molecule has 3 heteroatoms.